The van der Waals surface area contributed by atoms with Gasteiger partial charge in [-0.05, 0) is 49.8 Å². The molecule has 0 unspecified atom stereocenters. The third-order valence-electron chi connectivity index (χ3n) is 5.55. The Kier molecular flexibility index (Phi) is 5.64. The van der Waals surface area contributed by atoms with Gasteiger partial charge in [0.15, 0.2) is 0 Å². The standard InChI is InChI=1S/C19H22F3N3O5S/c20-19(21,22)14-2-1-3-15(10-14)31(27,28)25-8-6-18(7-9-25)11-16(24-30-18)29-17(26)23-12-13-4-5-13/h1-3,10-11,13,24H,4-9,12H2,(H,23,26). The highest BCUT2D eigenvalue weighted by molar-refractivity contribution is 7.89. The molecular weight excluding hydrogens is 439 g/mol. The first kappa shape index (κ1) is 21.9. The van der Waals surface area contributed by atoms with Crippen LogP contribution in [0.4, 0.5) is 18.0 Å². The predicted molar refractivity (Wildman–Crippen MR) is 102 cm³/mol. The Labute approximate surface area is 177 Å². The summed E-state index contributed by atoms with van der Waals surface area (Å²) >= 11 is 0. The van der Waals surface area contributed by atoms with Crippen LogP contribution in [0.3, 0.4) is 0 Å². The number of hydrogen-bond donors (Lipinski definition) is 2. The van der Waals surface area contributed by atoms with Crippen molar-refractivity contribution >= 4 is 16.1 Å². The average molecular weight is 461 g/mol. The highest BCUT2D eigenvalue weighted by atomic mass is 32.2. The first-order valence-corrected chi connectivity index (χ1v) is 11.3. The molecule has 1 spiro atoms. The van der Waals surface area contributed by atoms with E-state index in [0.29, 0.717) is 18.5 Å². The van der Waals surface area contributed by atoms with E-state index in [0.717, 1.165) is 35.3 Å². The molecule has 1 aromatic carbocycles. The molecule has 1 aromatic rings. The second-order valence-electron chi connectivity index (χ2n) is 7.92. The van der Waals surface area contributed by atoms with Gasteiger partial charge in [-0.15, -0.1) is 0 Å². The van der Waals surface area contributed by atoms with E-state index < -0.39 is 38.4 Å². The number of alkyl carbamates (subject to hydrolysis) is 1. The number of carbonyl (C=O) groups excluding carboxylic acids is 1. The van der Waals surface area contributed by atoms with Crippen LogP contribution in [0.25, 0.3) is 0 Å². The van der Waals surface area contributed by atoms with Crippen LogP contribution in [0.5, 0.6) is 0 Å². The number of benzene rings is 1. The molecule has 31 heavy (non-hydrogen) atoms. The number of alkyl halides is 3. The predicted octanol–water partition coefficient (Wildman–Crippen LogP) is 2.74. The summed E-state index contributed by atoms with van der Waals surface area (Å²) in [4.78, 5) is 16.9. The number of sulfonamides is 1. The number of amides is 1. The summed E-state index contributed by atoms with van der Waals surface area (Å²) in [5.41, 5.74) is 0.672. The van der Waals surface area contributed by atoms with E-state index >= 15 is 0 Å². The molecule has 1 amide bonds. The third kappa shape index (κ3) is 4.96. The SMILES string of the molecule is O=C(NCC1CC1)OC1=CC2(CCN(S(=O)(=O)c3cccc(C(F)(F)F)c3)CC2)ON1. The quantitative estimate of drug-likeness (QED) is 0.700. The zero-order valence-corrected chi connectivity index (χ0v) is 17.3. The largest absolute Gasteiger partial charge is 0.416 e. The first-order chi connectivity index (χ1) is 14.6. The van der Waals surface area contributed by atoms with Crippen molar-refractivity contribution in [3.05, 3.63) is 41.8 Å². The maximum atomic E-state index is 12.9. The smallest absolute Gasteiger partial charge is 0.392 e. The zero-order chi connectivity index (χ0) is 22.3. The van der Waals surface area contributed by atoms with Crippen LogP contribution >= 0.6 is 0 Å². The lowest BCUT2D eigenvalue weighted by atomic mass is 9.93. The second kappa shape index (κ2) is 7.99. The minimum atomic E-state index is -4.63. The lowest BCUT2D eigenvalue weighted by Crippen LogP contribution is -2.46. The van der Waals surface area contributed by atoms with Crippen molar-refractivity contribution in [2.24, 2.45) is 5.92 Å². The summed E-state index contributed by atoms with van der Waals surface area (Å²) in [7, 11) is -4.09. The summed E-state index contributed by atoms with van der Waals surface area (Å²) in [6.07, 6.45) is -0.967. The van der Waals surface area contributed by atoms with Crippen molar-refractivity contribution in [1.29, 1.82) is 0 Å². The number of hydrogen-bond acceptors (Lipinski definition) is 6. The fourth-order valence-corrected chi connectivity index (χ4v) is 5.01. The normalized spacial score (nSPS) is 21.5. The Balaban J connectivity index is 1.38. The summed E-state index contributed by atoms with van der Waals surface area (Å²) < 4.78 is 70.7. The molecule has 0 bridgehead atoms. The van der Waals surface area contributed by atoms with Crippen LogP contribution in [0.15, 0.2) is 41.1 Å². The minimum absolute atomic E-state index is 0.0396. The van der Waals surface area contributed by atoms with Crippen LogP contribution in [-0.4, -0.2) is 44.1 Å². The maximum Gasteiger partial charge on any atom is 0.416 e. The van der Waals surface area contributed by atoms with Gasteiger partial charge in [0.05, 0.1) is 10.5 Å². The van der Waals surface area contributed by atoms with Crippen LogP contribution < -0.4 is 10.8 Å². The third-order valence-corrected chi connectivity index (χ3v) is 7.45. The molecule has 2 aliphatic heterocycles. The van der Waals surface area contributed by atoms with Gasteiger partial charge in [0.1, 0.15) is 5.60 Å². The van der Waals surface area contributed by atoms with Crippen molar-refractivity contribution in [3.8, 4) is 0 Å². The molecule has 3 aliphatic rings. The van der Waals surface area contributed by atoms with Gasteiger partial charge in [0, 0.05) is 25.7 Å². The monoisotopic (exact) mass is 461 g/mol. The fourth-order valence-electron chi connectivity index (χ4n) is 3.52. The summed E-state index contributed by atoms with van der Waals surface area (Å²) in [5, 5.41) is 2.66. The van der Waals surface area contributed by atoms with Gasteiger partial charge in [-0.2, -0.15) is 17.5 Å². The second-order valence-corrected chi connectivity index (χ2v) is 9.86. The molecule has 1 saturated heterocycles. The molecule has 8 nitrogen and oxygen atoms in total. The summed E-state index contributed by atoms with van der Waals surface area (Å²) in [6.45, 7) is 0.635. The number of nitrogens with one attached hydrogen (secondary N) is 2. The van der Waals surface area contributed by atoms with E-state index in [9.17, 15) is 26.4 Å². The molecule has 0 atom stereocenters. The van der Waals surface area contributed by atoms with Crippen molar-refractivity contribution in [1.82, 2.24) is 15.1 Å². The highest BCUT2D eigenvalue weighted by Gasteiger charge is 2.43. The van der Waals surface area contributed by atoms with Crippen molar-refractivity contribution in [2.45, 2.75) is 42.4 Å². The number of halogens is 3. The van der Waals surface area contributed by atoms with Gasteiger partial charge in [-0.3, -0.25) is 4.84 Å². The Morgan fingerprint density at radius 2 is 2.00 bits per heavy atom. The molecule has 1 aliphatic carbocycles. The molecular formula is C19H22F3N3O5S. The van der Waals surface area contributed by atoms with Crippen molar-refractivity contribution in [2.75, 3.05) is 19.6 Å². The molecule has 2 N–H and O–H groups in total. The van der Waals surface area contributed by atoms with Gasteiger partial charge in [-0.1, -0.05) is 6.07 Å². The molecule has 12 heteroatoms. The molecule has 4 rings (SSSR count). The van der Waals surface area contributed by atoms with Crippen LogP contribution in [0.1, 0.15) is 31.2 Å². The van der Waals surface area contributed by atoms with E-state index in [1.807, 2.05) is 0 Å². The van der Waals surface area contributed by atoms with E-state index in [-0.39, 0.29) is 31.8 Å². The number of hydroxylamine groups is 1. The molecule has 170 valence electrons. The van der Waals surface area contributed by atoms with Gasteiger partial charge in [0.25, 0.3) is 0 Å². The maximum absolute atomic E-state index is 12.9. The lowest BCUT2D eigenvalue weighted by molar-refractivity contribution is -0.137. The molecule has 0 aromatic heterocycles. The number of carbonyl (C=O) groups is 1. The number of nitrogens with zero attached hydrogens (tertiary/aromatic N) is 1. The summed E-state index contributed by atoms with van der Waals surface area (Å²) in [6, 6.07) is 3.69. The van der Waals surface area contributed by atoms with E-state index in [1.165, 1.54) is 0 Å². The van der Waals surface area contributed by atoms with Crippen molar-refractivity contribution < 1.29 is 36.0 Å². The van der Waals surface area contributed by atoms with Gasteiger partial charge < -0.3 is 10.1 Å². The van der Waals surface area contributed by atoms with Crippen LogP contribution in [0.2, 0.25) is 0 Å². The molecule has 1 saturated carbocycles. The Morgan fingerprint density at radius 1 is 1.29 bits per heavy atom. The molecule has 2 fully saturated rings. The van der Waals surface area contributed by atoms with E-state index in [4.69, 9.17) is 9.57 Å². The van der Waals surface area contributed by atoms with Crippen LogP contribution in [0, 0.1) is 5.92 Å². The minimum Gasteiger partial charge on any atom is -0.392 e. The van der Waals surface area contributed by atoms with Gasteiger partial charge >= 0.3 is 12.3 Å². The average Bonchev–Trinajstić information content (AvgIpc) is 3.48. The topological polar surface area (TPSA) is 97.0 Å². The Bertz CT molecular complexity index is 984. The fraction of sp³-hybridized carbons (Fsp3) is 0.526. The number of piperidine rings is 1. The van der Waals surface area contributed by atoms with E-state index in [1.54, 1.807) is 6.08 Å². The van der Waals surface area contributed by atoms with Gasteiger partial charge in [-0.25, -0.2) is 18.7 Å². The Hall–Kier alpha value is -2.31. The highest BCUT2D eigenvalue weighted by Crippen LogP contribution is 2.35. The van der Waals surface area contributed by atoms with Crippen LogP contribution in [-0.2, 0) is 25.8 Å². The Morgan fingerprint density at radius 3 is 2.65 bits per heavy atom. The number of ether oxygens (including phenoxy) is 1. The molecule has 0 radical (unpaired) electrons. The summed E-state index contributed by atoms with van der Waals surface area (Å²) in [5.74, 6) is 0.631. The first-order valence-electron chi connectivity index (χ1n) is 9.87. The van der Waals surface area contributed by atoms with Crippen molar-refractivity contribution in [3.63, 3.8) is 0 Å². The number of rotatable bonds is 5. The molecule has 2 heterocycles. The zero-order valence-electron chi connectivity index (χ0n) is 16.4. The van der Waals surface area contributed by atoms with E-state index in [2.05, 4.69) is 10.8 Å². The lowest BCUT2D eigenvalue weighted by Gasteiger charge is -2.35. The van der Waals surface area contributed by atoms with Gasteiger partial charge in [0.2, 0.25) is 15.9 Å².